The Morgan fingerprint density at radius 1 is 1.45 bits per heavy atom. The summed E-state index contributed by atoms with van der Waals surface area (Å²) in [5.41, 5.74) is 0.665. The fourth-order valence-electron chi connectivity index (χ4n) is 1.85. The maximum Gasteiger partial charge on any atom is 0.345 e. The normalized spacial score (nSPS) is 11.1. The van der Waals surface area contributed by atoms with Crippen molar-refractivity contribution in [2.45, 2.75) is 6.61 Å². The van der Waals surface area contributed by atoms with Crippen LogP contribution in [0, 0.1) is 0 Å². The highest BCUT2D eigenvalue weighted by atomic mass is 32.1. The molecule has 0 fully saturated rings. The molecule has 0 saturated heterocycles. The van der Waals surface area contributed by atoms with E-state index in [1.807, 2.05) is 0 Å². The van der Waals surface area contributed by atoms with Crippen LogP contribution >= 0.6 is 11.3 Å². The Morgan fingerprint density at radius 3 is 2.85 bits per heavy atom. The third-order valence-electron chi connectivity index (χ3n) is 2.67. The quantitative estimate of drug-likeness (QED) is 0.787. The van der Waals surface area contributed by atoms with Gasteiger partial charge in [-0.25, -0.2) is 14.8 Å². The molecule has 8 heteroatoms. The summed E-state index contributed by atoms with van der Waals surface area (Å²) in [5.74, 6) is -0.561. The Bertz CT molecular complexity index is 766. The summed E-state index contributed by atoms with van der Waals surface area (Å²) in [6, 6.07) is 3.31. The number of aromatic carboxylic acids is 1. The Hall–Kier alpha value is -2.32. The zero-order chi connectivity index (χ0) is 14.1. The van der Waals surface area contributed by atoms with E-state index in [-0.39, 0.29) is 4.88 Å². The van der Waals surface area contributed by atoms with Crippen LogP contribution in [0.3, 0.4) is 0 Å². The first-order valence-electron chi connectivity index (χ1n) is 5.71. The molecule has 3 aromatic heterocycles. The van der Waals surface area contributed by atoms with Gasteiger partial charge in [0.05, 0.1) is 12.3 Å². The van der Waals surface area contributed by atoms with Crippen molar-refractivity contribution in [2.75, 3.05) is 7.11 Å². The summed E-state index contributed by atoms with van der Waals surface area (Å²) < 4.78 is 6.64. The molecule has 0 radical (unpaired) electrons. The first-order chi connectivity index (χ1) is 9.70. The minimum Gasteiger partial charge on any atom is -0.477 e. The summed E-state index contributed by atoms with van der Waals surface area (Å²) in [6.45, 7) is 0.298. The van der Waals surface area contributed by atoms with Gasteiger partial charge < -0.3 is 9.84 Å². The van der Waals surface area contributed by atoms with Crippen LogP contribution in [-0.2, 0) is 11.3 Å². The zero-order valence-corrected chi connectivity index (χ0v) is 11.3. The van der Waals surface area contributed by atoms with E-state index in [0.717, 1.165) is 16.7 Å². The smallest absolute Gasteiger partial charge is 0.345 e. The van der Waals surface area contributed by atoms with E-state index < -0.39 is 5.97 Å². The van der Waals surface area contributed by atoms with E-state index in [4.69, 9.17) is 9.84 Å². The number of ether oxygens (including phenoxy) is 1. The Kier molecular flexibility index (Phi) is 3.17. The molecule has 1 N–H and O–H groups in total. The number of methoxy groups -OCH3 is 1. The minimum absolute atomic E-state index is 0.249. The molecule has 0 spiro atoms. The van der Waals surface area contributed by atoms with Crippen LogP contribution in [-0.4, -0.2) is 37.9 Å². The molecule has 3 heterocycles. The largest absolute Gasteiger partial charge is 0.477 e. The van der Waals surface area contributed by atoms with Gasteiger partial charge in [-0.15, -0.1) is 11.3 Å². The molecule has 0 saturated carbocycles. The van der Waals surface area contributed by atoms with Crippen molar-refractivity contribution in [3.05, 3.63) is 35.1 Å². The Labute approximate surface area is 117 Å². The molecule has 0 aliphatic rings. The van der Waals surface area contributed by atoms with Gasteiger partial charge in [-0.05, 0) is 12.1 Å². The molecule has 0 aromatic carbocycles. The number of nitrogens with zero attached hydrogens (tertiary/aromatic N) is 4. The molecule has 0 atom stereocenters. The molecule has 20 heavy (non-hydrogen) atoms. The summed E-state index contributed by atoms with van der Waals surface area (Å²) in [7, 11) is 1.56. The third kappa shape index (κ3) is 2.04. The highest BCUT2D eigenvalue weighted by Gasteiger charge is 2.19. The topological polar surface area (TPSA) is 90.1 Å². The van der Waals surface area contributed by atoms with Gasteiger partial charge in [0.2, 0.25) is 0 Å². The lowest BCUT2D eigenvalue weighted by Gasteiger charge is -1.98. The van der Waals surface area contributed by atoms with Gasteiger partial charge in [0.25, 0.3) is 5.95 Å². The highest BCUT2D eigenvalue weighted by Crippen LogP contribution is 2.30. The van der Waals surface area contributed by atoms with Gasteiger partial charge in [0.15, 0.2) is 0 Å². The number of hydrogen-bond acceptors (Lipinski definition) is 6. The summed E-state index contributed by atoms with van der Waals surface area (Å²) >= 11 is 1.14. The first kappa shape index (κ1) is 12.7. The maximum atomic E-state index is 11.1. The summed E-state index contributed by atoms with van der Waals surface area (Å²) in [6.07, 6.45) is 3.22. The lowest BCUT2D eigenvalue weighted by molar-refractivity contribution is 0.0702. The van der Waals surface area contributed by atoms with Crippen molar-refractivity contribution < 1.29 is 14.6 Å². The maximum absolute atomic E-state index is 11.1. The number of hydrogen-bond donors (Lipinski definition) is 1. The van der Waals surface area contributed by atoms with Crippen LogP contribution in [0.2, 0.25) is 0 Å². The predicted molar refractivity (Wildman–Crippen MR) is 72.2 cm³/mol. The summed E-state index contributed by atoms with van der Waals surface area (Å²) in [5, 5.41) is 14.3. The second-order valence-electron chi connectivity index (χ2n) is 3.97. The van der Waals surface area contributed by atoms with E-state index in [1.54, 1.807) is 36.3 Å². The SMILES string of the molecule is COCc1nn(-c2ncccn2)c2sc(C(=O)O)cc12. The molecule has 0 bridgehead atoms. The van der Waals surface area contributed by atoms with Crippen LogP contribution in [0.15, 0.2) is 24.5 Å². The second-order valence-corrected chi connectivity index (χ2v) is 5.01. The molecule has 0 aliphatic carbocycles. The van der Waals surface area contributed by atoms with Crippen LogP contribution in [0.5, 0.6) is 0 Å². The molecule has 7 nitrogen and oxygen atoms in total. The fraction of sp³-hybridized carbons (Fsp3) is 0.167. The van der Waals surface area contributed by atoms with Crippen molar-refractivity contribution in [3.63, 3.8) is 0 Å². The van der Waals surface area contributed by atoms with Crippen molar-refractivity contribution in [1.29, 1.82) is 0 Å². The van der Waals surface area contributed by atoms with Gasteiger partial charge in [-0.3, -0.25) is 0 Å². The number of carboxylic acid groups (broad SMARTS) is 1. The second kappa shape index (κ2) is 4.99. The van der Waals surface area contributed by atoms with E-state index in [2.05, 4.69) is 15.1 Å². The highest BCUT2D eigenvalue weighted by molar-refractivity contribution is 7.20. The molecular formula is C12H10N4O3S. The first-order valence-corrected chi connectivity index (χ1v) is 6.53. The van der Waals surface area contributed by atoms with Crippen LogP contribution < -0.4 is 0 Å². The molecule has 3 aromatic rings. The Morgan fingerprint density at radius 2 is 2.20 bits per heavy atom. The van der Waals surface area contributed by atoms with E-state index in [0.29, 0.717) is 23.1 Å². The lowest BCUT2D eigenvalue weighted by Crippen LogP contribution is -2.02. The number of carboxylic acids is 1. The zero-order valence-electron chi connectivity index (χ0n) is 10.5. The van der Waals surface area contributed by atoms with E-state index in [9.17, 15) is 4.79 Å². The number of carbonyl (C=O) groups is 1. The Balaban J connectivity index is 2.23. The molecule has 102 valence electrons. The van der Waals surface area contributed by atoms with Gasteiger partial charge >= 0.3 is 5.97 Å². The molecule has 0 unspecified atom stereocenters. The number of rotatable bonds is 4. The molecule has 0 aliphatic heterocycles. The predicted octanol–water partition coefficient (Wildman–Crippen LogP) is 1.72. The van der Waals surface area contributed by atoms with Gasteiger partial charge in [0.1, 0.15) is 9.71 Å². The molecular weight excluding hydrogens is 280 g/mol. The van der Waals surface area contributed by atoms with Crippen LogP contribution in [0.4, 0.5) is 0 Å². The molecule has 3 rings (SSSR count). The van der Waals surface area contributed by atoms with Gasteiger partial charge in [-0.1, -0.05) is 0 Å². The number of fused-ring (bicyclic) bond motifs is 1. The third-order valence-corrected chi connectivity index (χ3v) is 3.77. The lowest BCUT2D eigenvalue weighted by atomic mass is 10.3. The van der Waals surface area contributed by atoms with Crippen molar-refractivity contribution in [2.24, 2.45) is 0 Å². The van der Waals surface area contributed by atoms with Crippen molar-refractivity contribution >= 4 is 27.5 Å². The molecule has 0 amide bonds. The van der Waals surface area contributed by atoms with E-state index >= 15 is 0 Å². The minimum atomic E-state index is -0.963. The van der Waals surface area contributed by atoms with Crippen molar-refractivity contribution in [3.8, 4) is 5.95 Å². The van der Waals surface area contributed by atoms with Gasteiger partial charge in [-0.2, -0.15) is 9.78 Å². The van der Waals surface area contributed by atoms with E-state index in [1.165, 1.54) is 0 Å². The number of aromatic nitrogens is 4. The average Bonchev–Trinajstić information content (AvgIpc) is 3.01. The van der Waals surface area contributed by atoms with Crippen LogP contribution in [0.25, 0.3) is 16.2 Å². The van der Waals surface area contributed by atoms with Crippen LogP contribution in [0.1, 0.15) is 15.4 Å². The average molecular weight is 290 g/mol. The standard InChI is InChI=1S/C12H10N4O3S/c1-19-6-8-7-5-9(11(17)18)20-10(7)16(15-8)12-13-3-2-4-14-12/h2-5H,6H2,1H3,(H,17,18). The summed E-state index contributed by atoms with van der Waals surface area (Å²) in [4.78, 5) is 20.3. The fourth-order valence-corrected chi connectivity index (χ4v) is 2.82. The van der Waals surface area contributed by atoms with Crippen molar-refractivity contribution in [1.82, 2.24) is 19.7 Å². The van der Waals surface area contributed by atoms with Gasteiger partial charge in [0, 0.05) is 24.9 Å². The number of thiophene rings is 1. The monoisotopic (exact) mass is 290 g/mol.